The zero-order valence-electron chi connectivity index (χ0n) is 10.3. The fourth-order valence-electron chi connectivity index (χ4n) is 1.25. The number of pyridine rings is 1. The van der Waals surface area contributed by atoms with Gasteiger partial charge in [-0.1, -0.05) is 0 Å². The van der Waals surface area contributed by atoms with Crippen LogP contribution in [0, 0.1) is 0 Å². The van der Waals surface area contributed by atoms with Gasteiger partial charge >= 0.3 is 0 Å². The largest absolute Gasteiger partial charge is 0.373 e. The number of rotatable bonds is 7. The molecule has 0 amide bonds. The lowest BCUT2D eigenvalue weighted by Gasteiger charge is -2.06. The second-order valence-electron chi connectivity index (χ2n) is 3.66. The second-order valence-corrected chi connectivity index (χ2v) is 6.98. The minimum absolute atomic E-state index is 0.124. The van der Waals surface area contributed by atoms with Gasteiger partial charge in [0.25, 0.3) is 0 Å². The van der Waals surface area contributed by atoms with Crippen LogP contribution in [0.25, 0.3) is 0 Å². The lowest BCUT2D eigenvalue weighted by atomic mass is 10.5. The van der Waals surface area contributed by atoms with Crippen LogP contribution in [0.15, 0.2) is 23.2 Å². The van der Waals surface area contributed by atoms with Crippen LogP contribution in [-0.2, 0) is 20.8 Å². The van der Waals surface area contributed by atoms with Crippen LogP contribution in [0.2, 0.25) is 0 Å². The van der Waals surface area contributed by atoms with Crippen LogP contribution in [0.1, 0.15) is 6.42 Å². The van der Waals surface area contributed by atoms with Gasteiger partial charge in [0.2, 0.25) is 10.0 Å². The van der Waals surface area contributed by atoms with Crippen molar-refractivity contribution in [2.24, 2.45) is 0 Å². The summed E-state index contributed by atoms with van der Waals surface area (Å²) < 4.78 is 36.9. The normalized spacial score (nSPS) is 13.2. The number of aromatic nitrogens is 1. The Labute approximate surface area is 110 Å². The van der Waals surface area contributed by atoms with E-state index in [-0.39, 0.29) is 11.4 Å². The number of hydrogen-bond donors (Lipinski definition) is 2. The van der Waals surface area contributed by atoms with Crippen molar-refractivity contribution in [3.05, 3.63) is 18.3 Å². The molecule has 2 N–H and O–H groups in total. The van der Waals surface area contributed by atoms with Gasteiger partial charge in [0.1, 0.15) is 10.7 Å². The fraction of sp³-hybridized carbons (Fsp3) is 0.500. The zero-order chi connectivity index (χ0) is 13.6. The fourth-order valence-corrected chi connectivity index (χ4v) is 2.82. The van der Waals surface area contributed by atoms with Crippen molar-refractivity contribution >= 4 is 26.6 Å². The van der Waals surface area contributed by atoms with Crippen molar-refractivity contribution in [3.8, 4) is 0 Å². The molecular formula is C10H17N3O3S2. The maximum Gasteiger partial charge on any atom is 0.242 e. The molecule has 0 saturated heterocycles. The Bertz CT molecular complexity index is 500. The van der Waals surface area contributed by atoms with Crippen molar-refractivity contribution in [1.29, 1.82) is 0 Å². The van der Waals surface area contributed by atoms with Gasteiger partial charge in [-0.15, -0.1) is 0 Å². The third-order valence-corrected chi connectivity index (χ3v) is 4.51. The number of hydrogen-bond acceptors (Lipinski definition) is 5. The molecule has 0 aromatic carbocycles. The molecule has 6 nitrogen and oxygen atoms in total. The molecule has 0 radical (unpaired) electrons. The maximum absolute atomic E-state index is 11.8. The van der Waals surface area contributed by atoms with E-state index in [0.717, 1.165) is 0 Å². The summed E-state index contributed by atoms with van der Waals surface area (Å²) in [7, 11) is -2.71. The SMILES string of the molecule is CNc1ccc(S(=O)(=O)NCCCS(C)=O)cn1. The number of nitrogens with one attached hydrogen (secondary N) is 2. The van der Waals surface area contributed by atoms with Gasteiger partial charge < -0.3 is 5.32 Å². The Morgan fingerprint density at radius 1 is 1.39 bits per heavy atom. The molecule has 1 aromatic heterocycles. The Kier molecular flexibility index (Phi) is 5.70. The molecule has 0 aliphatic rings. The smallest absolute Gasteiger partial charge is 0.242 e. The molecular weight excluding hydrogens is 274 g/mol. The van der Waals surface area contributed by atoms with E-state index in [9.17, 15) is 12.6 Å². The summed E-state index contributed by atoms with van der Waals surface area (Å²) in [5.41, 5.74) is 0. The van der Waals surface area contributed by atoms with Gasteiger partial charge in [-0.3, -0.25) is 4.21 Å². The molecule has 0 aliphatic heterocycles. The second kappa shape index (κ2) is 6.81. The van der Waals surface area contributed by atoms with Gasteiger partial charge in [-0.05, 0) is 18.6 Å². The van der Waals surface area contributed by atoms with Crippen molar-refractivity contribution in [2.45, 2.75) is 11.3 Å². The van der Waals surface area contributed by atoms with Gasteiger partial charge in [0.15, 0.2) is 0 Å². The van der Waals surface area contributed by atoms with E-state index in [4.69, 9.17) is 0 Å². The van der Waals surface area contributed by atoms with Crippen molar-refractivity contribution in [1.82, 2.24) is 9.71 Å². The van der Waals surface area contributed by atoms with E-state index in [0.29, 0.717) is 18.0 Å². The summed E-state index contributed by atoms with van der Waals surface area (Å²) in [4.78, 5) is 4.07. The Hall–Kier alpha value is -0.990. The predicted molar refractivity (Wildman–Crippen MR) is 72.5 cm³/mol. The first-order valence-corrected chi connectivity index (χ1v) is 8.60. The highest BCUT2D eigenvalue weighted by atomic mass is 32.2. The minimum Gasteiger partial charge on any atom is -0.373 e. The standard InChI is InChI=1S/C10H17N3O3S2/c1-11-10-5-4-9(8-12-10)18(15,16)13-6-3-7-17(2)14/h4-5,8,13H,3,6-7H2,1-2H3,(H,11,12). The lowest BCUT2D eigenvalue weighted by molar-refractivity contribution is 0.580. The molecule has 1 aromatic rings. The highest BCUT2D eigenvalue weighted by Crippen LogP contribution is 2.09. The summed E-state index contributed by atoms with van der Waals surface area (Å²) in [5, 5.41) is 2.81. The van der Waals surface area contributed by atoms with E-state index in [1.165, 1.54) is 12.3 Å². The molecule has 18 heavy (non-hydrogen) atoms. The molecule has 0 aliphatic carbocycles. The molecule has 1 unspecified atom stereocenters. The average Bonchev–Trinajstić information content (AvgIpc) is 2.34. The number of nitrogens with zero attached hydrogens (tertiary/aromatic N) is 1. The van der Waals surface area contributed by atoms with Crippen LogP contribution < -0.4 is 10.0 Å². The van der Waals surface area contributed by atoms with Gasteiger partial charge in [0.05, 0.1) is 0 Å². The zero-order valence-corrected chi connectivity index (χ0v) is 12.0. The van der Waals surface area contributed by atoms with Crippen LogP contribution in [0.4, 0.5) is 5.82 Å². The maximum atomic E-state index is 11.8. The van der Waals surface area contributed by atoms with Gasteiger partial charge in [-0.25, -0.2) is 18.1 Å². The number of anilines is 1. The quantitative estimate of drug-likeness (QED) is 0.699. The summed E-state index contributed by atoms with van der Waals surface area (Å²) in [5.74, 6) is 1.09. The average molecular weight is 291 g/mol. The van der Waals surface area contributed by atoms with Crippen LogP contribution >= 0.6 is 0 Å². The van der Waals surface area contributed by atoms with E-state index in [2.05, 4.69) is 15.0 Å². The van der Waals surface area contributed by atoms with Crippen molar-refractivity contribution in [2.75, 3.05) is 30.9 Å². The van der Waals surface area contributed by atoms with E-state index < -0.39 is 20.8 Å². The third-order valence-electron chi connectivity index (χ3n) is 2.20. The predicted octanol–water partition coefficient (Wildman–Crippen LogP) is 0.170. The molecule has 0 fully saturated rings. The summed E-state index contributed by atoms with van der Waals surface area (Å²) in [6.45, 7) is 0.274. The first kappa shape index (κ1) is 15.1. The summed E-state index contributed by atoms with van der Waals surface area (Å²) in [6, 6.07) is 3.08. The van der Waals surface area contributed by atoms with Gasteiger partial charge in [0, 0.05) is 42.6 Å². The molecule has 8 heteroatoms. The number of sulfonamides is 1. The van der Waals surface area contributed by atoms with E-state index >= 15 is 0 Å². The Morgan fingerprint density at radius 2 is 2.11 bits per heavy atom. The Balaban J connectivity index is 2.59. The topological polar surface area (TPSA) is 88.2 Å². The molecule has 0 bridgehead atoms. The highest BCUT2D eigenvalue weighted by molar-refractivity contribution is 7.89. The molecule has 0 saturated carbocycles. The van der Waals surface area contributed by atoms with E-state index in [1.54, 1.807) is 19.4 Å². The van der Waals surface area contributed by atoms with Crippen LogP contribution in [-0.4, -0.2) is 43.2 Å². The van der Waals surface area contributed by atoms with Crippen molar-refractivity contribution < 1.29 is 12.6 Å². The first-order valence-electron chi connectivity index (χ1n) is 5.39. The molecule has 102 valence electrons. The molecule has 0 spiro atoms. The lowest BCUT2D eigenvalue weighted by Crippen LogP contribution is -2.25. The molecule has 1 heterocycles. The van der Waals surface area contributed by atoms with E-state index in [1.807, 2.05) is 0 Å². The molecule has 1 rings (SSSR count). The minimum atomic E-state index is -3.52. The first-order chi connectivity index (χ1) is 8.45. The summed E-state index contributed by atoms with van der Waals surface area (Å²) in [6.07, 6.45) is 3.44. The monoisotopic (exact) mass is 291 g/mol. The van der Waals surface area contributed by atoms with Crippen LogP contribution in [0.5, 0.6) is 0 Å². The van der Waals surface area contributed by atoms with Gasteiger partial charge in [-0.2, -0.15) is 0 Å². The summed E-state index contributed by atoms with van der Waals surface area (Å²) >= 11 is 0. The van der Waals surface area contributed by atoms with Crippen molar-refractivity contribution in [3.63, 3.8) is 0 Å². The third kappa shape index (κ3) is 4.71. The van der Waals surface area contributed by atoms with Crippen LogP contribution in [0.3, 0.4) is 0 Å². The Morgan fingerprint density at radius 3 is 2.61 bits per heavy atom. The highest BCUT2D eigenvalue weighted by Gasteiger charge is 2.13. The molecule has 1 atom stereocenters.